The average Bonchev–Trinajstić information content (AvgIpc) is 3.29. The number of rotatable bonds is 12. The lowest BCUT2D eigenvalue weighted by Crippen LogP contribution is -2.40. The molecule has 2 atom stereocenters. The summed E-state index contributed by atoms with van der Waals surface area (Å²) in [6, 6.07) is 9.75. The van der Waals surface area contributed by atoms with Crippen LogP contribution in [0.2, 0.25) is 0 Å². The summed E-state index contributed by atoms with van der Waals surface area (Å²) in [4.78, 5) is 6.94. The first-order valence-electron chi connectivity index (χ1n) is 10.5. The molecule has 0 bridgehead atoms. The van der Waals surface area contributed by atoms with Gasteiger partial charge in [0.25, 0.3) is 0 Å². The summed E-state index contributed by atoms with van der Waals surface area (Å²) in [5, 5.41) is 16.7. The molecule has 32 heavy (non-hydrogen) atoms. The van der Waals surface area contributed by atoms with Crippen molar-refractivity contribution in [3.63, 3.8) is 0 Å². The zero-order valence-electron chi connectivity index (χ0n) is 18.6. The van der Waals surface area contributed by atoms with Crippen molar-refractivity contribution in [3.05, 3.63) is 54.0 Å². The Bertz CT molecular complexity index is 772. The van der Waals surface area contributed by atoms with E-state index in [1.165, 1.54) is 12.1 Å². The Balaban J connectivity index is 0.00000512. The first-order chi connectivity index (χ1) is 15.0. The van der Waals surface area contributed by atoms with Gasteiger partial charge in [-0.3, -0.25) is 9.89 Å². The Morgan fingerprint density at radius 2 is 1.81 bits per heavy atom. The summed E-state index contributed by atoms with van der Waals surface area (Å²) in [6.45, 7) is 6.37. The molecule has 2 rings (SSSR count). The fourth-order valence-electron chi connectivity index (χ4n) is 3.23. The van der Waals surface area contributed by atoms with E-state index >= 15 is 0 Å². The van der Waals surface area contributed by atoms with E-state index < -0.39 is 12.7 Å². The lowest BCUT2D eigenvalue weighted by Gasteiger charge is -2.27. The highest BCUT2D eigenvalue weighted by Crippen LogP contribution is 2.22. The lowest BCUT2D eigenvalue weighted by molar-refractivity contribution is -0.0498. The van der Waals surface area contributed by atoms with Gasteiger partial charge < -0.3 is 24.9 Å². The number of nitrogens with one attached hydrogen (secondary N) is 2. The van der Waals surface area contributed by atoms with Gasteiger partial charge >= 0.3 is 6.61 Å². The van der Waals surface area contributed by atoms with E-state index in [4.69, 9.17) is 4.42 Å². The Labute approximate surface area is 205 Å². The molecule has 0 aliphatic carbocycles. The monoisotopic (exact) mass is 566 g/mol. The predicted molar refractivity (Wildman–Crippen MR) is 132 cm³/mol. The summed E-state index contributed by atoms with van der Waals surface area (Å²) >= 11 is 0. The smallest absolute Gasteiger partial charge is 0.387 e. The highest BCUT2D eigenvalue weighted by Gasteiger charge is 2.20. The molecule has 180 valence electrons. The normalized spacial score (nSPS) is 13.6. The van der Waals surface area contributed by atoms with E-state index in [2.05, 4.69) is 39.1 Å². The number of nitrogens with zero attached hydrogens (tertiary/aromatic N) is 2. The van der Waals surface area contributed by atoms with Crippen LogP contribution in [0.5, 0.6) is 5.75 Å². The highest BCUT2D eigenvalue weighted by molar-refractivity contribution is 14.0. The molecule has 7 nitrogen and oxygen atoms in total. The number of hydrogen-bond donors (Lipinski definition) is 3. The molecule has 3 N–H and O–H groups in total. The molecule has 1 aromatic heterocycles. The maximum absolute atomic E-state index is 12.3. The number of halogens is 3. The van der Waals surface area contributed by atoms with Crippen molar-refractivity contribution in [2.45, 2.75) is 39.5 Å². The molecule has 2 aromatic rings. The first kappa shape index (κ1) is 28.1. The number of ether oxygens (including phenoxy) is 1. The van der Waals surface area contributed by atoms with Gasteiger partial charge in [0.05, 0.1) is 25.0 Å². The van der Waals surface area contributed by atoms with Gasteiger partial charge in [0.1, 0.15) is 11.5 Å². The fraction of sp³-hybridized carbons (Fsp3) is 0.500. The summed E-state index contributed by atoms with van der Waals surface area (Å²) < 4.78 is 34.5. The van der Waals surface area contributed by atoms with Crippen molar-refractivity contribution in [1.29, 1.82) is 0 Å². The van der Waals surface area contributed by atoms with Crippen LogP contribution in [-0.2, 0) is 0 Å². The number of aliphatic hydroxyl groups is 1. The lowest BCUT2D eigenvalue weighted by atomic mass is 10.1. The molecule has 1 aromatic carbocycles. The number of aliphatic imine (C=N–C) groups is 1. The van der Waals surface area contributed by atoms with Crippen LogP contribution in [0.15, 0.2) is 52.1 Å². The predicted octanol–water partition coefficient (Wildman–Crippen LogP) is 4.17. The van der Waals surface area contributed by atoms with E-state index in [9.17, 15) is 13.9 Å². The Morgan fingerprint density at radius 3 is 2.34 bits per heavy atom. The standard InChI is InChI=1S/C22H32F2N4O3.HI/c1-4-25-22(26-14-18(28(5-2)6-3)20-8-7-13-30-20)27-15-19(29)16-9-11-17(12-10-16)31-21(23)24;/h7-13,18-19,21,29H,4-6,14-15H2,1-3H3,(H2,25,26,27);1H. The van der Waals surface area contributed by atoms with Gasteiger partial charge in [-0.05, 0) is 49.8 Å². The van der Waals surface area contributed by atoms with Crippen molar-refractivity contribution in [1.82, 2.24) is 15.5 Å². The maximum Gasteiger partial charge on any atom is 0.387 e. The number of likely N-dealkylation sites (N-methyl/N-ethyl adjacent to an activating group) is 1. The third kappa shape index (κ3) is 8.91. The van der Waals surface area contributed by atoms with Crippen molar-refractivity contribution in [2.75, 3.05) is 32.7 Å². The maximum atomic E-state index is 12.3. The second-order valence-electron chi connectivity index (χ2n) is 6.82. The molecule has 10 heteroatoms. The minimum atomic E-state index is -2.88. The van der Waals surface area contributed by atoms with Gasteiger partial charge in [-0.25, -0.2) is 0 Å². The summed E-state index contributed by atoms with van der Waals surface area (Å²) in [6.07, 6.45) is 0.820. The molecule has 0 aliphatic rings. The van der Waals surface area contributed by atoms with Gasteiger partial charge in [0.15, 0.2) is 5.96 Å². The molecule has 2 unspecified atom stereocenters. The van der Waals surface area contributed by atoms with Gasteiger partial charge in [-0.15, -0.1) is 24.0 Å². The molecule has 0 fully saturated rings. The van der Waals surface area contributed by atoms with Crippen LogP contribution in [0.4, 0.5) is 8.78 Å². The Hall–Kier alpha value is -1.92. The van der Waals surface area contributed by atoms with E-state index in [0.717, 1.165) is 18.8 Å². The van der Waals surface area contributed by atoms with Gasteiger partial charge in [0.2, 0.25) is 0 Å². The number of alkyl halides is 2. The minimum Gasteiger partial charge on any atom is -0.468 e. The van der Waals surface area contributed by atoms with Gasteiger partial charge in [0, 0.05) is 13.1 Å². The van der Waals surface area contributed by atoms with E-state index in [0.29, 0.717) is 24.6 Å². The van der Waals surface area contributed by atoms with Crippen LogP contribution in [0, 0.1) is 0 Å². The van der Waals surface area contributed by atoms with Crippen LogP contribution in [0.3, 0.4) is 0 Å². The third-order valence-electron chi connectivity index (χ3n) is 4.84. The van der Waals surface area contributed by atoms with Crippen molar-refractivity contribution in [2.24, 2.45) is 4.99 Å². The number of furan rings is 1. The SMILES string of the molecule is CCNC(=NCC(c1ccco1)N(CC)CC)NCC(O)c1ccc(OC(F)F)cc1.I. The van der Waals surface area contributed by atoms with Gasteiger partial charge in [-0.1, -0.05) is 26.0 Å². The number of hydrogen-bond acceptors (Lipinski definition) is 5. The van der Waals surface area contributed by atoms with Crippen LogP contribution < -0.4 is 15.4 Å². The zero-order valence-corrected chi connectivity index (χ0v) is 21.0. The summed E-state index contributed by atoms with van der Waals surface area (Å²) in [5.74, 6) is 1.48. The van der Waals surface area contributed by atoms with E-state index in [-0.39, 0.29) is 42.3 Å². The molecule has 1 heterocycles. The number of benzene rings is 1. The molecular weight excluding hydrogens is 533 g/mol. The Morgan fingerprint density at radius 1 is 1.12 bits per heavy atom. The molecule has 0 spiro atoms. The fourth-order valence-corrected chi connectivity index (χ4v) is 3.23. The van der Waals surface area contributed by atoms with Crippen LogP contribution in [-0.4, -0.2) is 55.3 Å². The van der Waals surface area contributed by atoms with Crippen molar-refractivity contribution in [3.8, 4) is 5.75 Å². The van der Waals surface area contributed by atoms with Crippen LogP contribution in [0.25, 0.3) is 0 Å². The molecule has 0 amide bonds. The topological polar surface area (TPSA) is 82.3 Å². The summed E-state index contributed by atoms with van der Waals surface area (Å²) in [5.41, 5.74) is 0.585. The molecule has 0 radical (unpaired) electrons. The number of guanidine groups is 1. The summed E-state index contributed by atoms with van der Waals surface area (Å²) in [7, 11) is 0. The highest BCUT2D eigenvalue weighted by atomic mass is 127. The van der Waals surface area contributed by atoms with E-state index in [1.807, 2.05) is 19.1 Å². The second kappa shape index (κ2) is 15.0. The first-order valence-corrected chi connectivity index (χ1v) is 10.5. The van der Waals surface area contributed by atoms with Gasteiger partial charge in [-0.2, -0.15) is 8.78 Å². The van der Waals surface area contributed by atoms with Crippen molar-refractivity contribution >= 4 is 29.9 Å². The third-order valence-corrected chi connectivity index (χ3v) is 4.84. The van der Waals surface area contributed by atoms with Crippen LogP contribution in [0.1, 0.15) is 44.2 Å². The second-order valence-corrected chi connectivity index (χ2v) is 6.82. The van der Waals surface area contributed by atoms with Crippen molar-refractivity contribution < 1.29 is 23.0 Å². The minimum absolute atomic E-state index is 0. The average molecular weight is 566 g/mol. The zero-order chi connectivity index (χ0) is 22.6. The largest absolute Gasteiger partial charge is 0.468 e. The molecule has 0 aliphatic heterocycles. The van der Waals surface area contributed by atoms with E-state index in [1.54, 1.807) is 18.4 Å². The Kier molecular flexibility index (Phi) is 13.2. The molecule has 0 saturated heterocycles. The number of aliphatic hydroxyl groups excluding tert-OH is 1. The molecule has 0 saturated carbocycles. The quantitative estimate of drug-likeness (QED) is 0.203. The van der Waals surface area contributed by atoms with Crippen LogP contribution >= 0.6 is 24.0 Å². The molecular formula is C22H33F2IN4O3.